The zero-order valence-corrected chi connectivity index (χ0v) is 16.6. The summed E-state index contributed by atoms with van der Waals surface area (Å²) in [5, 5.41) is 10.1. The number of hydrogen-bond donors (Lipinski definition) is 1. The van der Waals surface area contributed by atoms with Crippen LogP contribution >= 0.6 is 0 Å². The number of carboxylic acids is 1. The number of pyridine rings is 1. The predicted octanol–water partition coefficient (Wildman–Crippen LogP) is 3.66. The average molecular weight is 370 g/mol. The van der Waals surface area contributed by atoms with E-state index in [-0.39, 0.29) is 47.1 Å². The van der Waals surface area contributed by atoms with Crippen LogP contribution in [0.2, 0.25) is 0 Å². The minimum absolute atomic E-state index is 0. The summed E-state index contributed by atoms with van der Waals surface area (Å²) in [6.45, 7) is 0.188. The van der Waals surface area contributed by atoms with Crippen LogP contribution in [0.5, 0.6) is 0 Å². The van der Waals surface area contributed by atoms with Crippen LogP contribution in [-0.2, 0) is 6.54 Å². The third kappa shape index (κ3) is 3.41. The molecule has 1 radical (unpaired) electrons. The molecule has 4 nitrogen and oxygen atoms in total. The molecule has 0 unspecified atom stereocenters. The third-order valence-electron chi connectivity index (χ3n) is 4.51. The van der Waals surface area contributed by atoms with Crippen molar-refractivity contribution in [1.29, 1.82) is 0 Å². The molecule has 0 amide bonds. The van der Waals surface area contributed by atoms with Crippen molar-refractivity contribution in [2.75, 3.05) is 0 Å². The molecule has 1 N–H and O–H groups in total. The Bertz CT molecular complexity index is 1170. The van der Waals surface area contributed by atoms with E-state index in [0.29, 0.717) is 27.4 Å². The first-order chi connectivity index (χ1) is 12.6. The van der Waals surface area contributed by atoms with Crippen LogP contribution in [0.4, 0.5) is 4.39 Å². The molecule has 4 rings (SSSR count). The molecule has 0 saturated heterocycles. The van der Waals surface area contributed by atoms with Crippen molar-refractivity contribution in [1.82, 2.24) is 4.57 Å². The Labute approximate surface area is 176 Å². The number of carboxylic acid groups (broad SMARTS) is 1. The SMILES string of the molecule is O=C(O)c1ccc(Cn2c3ccccc3c(=O)c3ccccc32)c(F)c1.[Na]. The van der Waals surface area contributed by atoms with Crippen LogP contribution in [-0.4, -0.2) is 45.2 Å². The molecule has 1 aromatic heterocycles. The summed E-state index contributed by atoms with van der Waals surface area (Å²) in [5.41, 5.74) is 1.61. The minimum atomic E-state index is -1.17. The Morgan fingerprint density at radius 1 is 0.926 bits per heavy atom. The van der Waals surface area contributed by atoms with Crippen molar-refractivity contribution in [3.8, 4) is 0 Å². The summed E-state index contributed by atoms with van der Waals surface area (Å²) in [6, 6.07) is 18.3. The van der Waals surface area contributed by atoms with Gasteiger partial charge in [-0.3, -0.25) is 4.79 Å². The van der Waals surface area contributed by atoms with Crippen molar-refractivity contribution in [2.24, 2.45) is 0 Å². The van der Waals surface area contributed by atoms with E-state index < -0.39 is 11.8 Å². The molecule has 0 saturated carbocycles. The summed E-state index contributed by atoms with van der Waals surface area (Å²) in [5.74, 6) is -1.76. The molecule has 0 bridgehead atoms. The first kappa shape index (κ1) is 19.3. The Morgan fingerprint density at radius 2 is 1.48 bits per heavy atom. The van der Waals surface area contributed by atoms with Crippen LogP contribution in [0.15, 0.2) is 71.5 Å². The number of benzene rings is 3. The number of aromatic carboxylic acids is 1. The molecule has 1 heterocycles. The van der Waals surface area contributed by atoms with Crippen LogP contribution < -0.4 is 5.43 Å². The summed E-state index contributed by atoms with van der Waals surface area (Å²) in [7, 11) is 0. The van der Waals surface area contributed by atoms with Gasteiger partial charge in [0, 0.05) is 45.9 Å². The summed E-state index contributed by atoms with van der Waals surface area (Å²) >= 11 is 0. The van der Waals surface area contributed by atoms with Crippen LogP contribution in [0, 0.1) is 5.82 Å². The number of para-hydroxylation sites is 2. The van der Waals surface area contributed by atoms with E-state index in [9.17, 15) is 14.0 Å². The zero-order valence-electron chi connectivity index (χ0n) is 14.6. The quantitative estimate of drug-likeness (QED) is 0.442. The molecule has 0 atom stereocenters. The van der Waals surface area contributed by atoms with E-state index in [4.69, 9.17) is 5.11 Å². The van der Waals surface area contributed by atoms with Gasteiger partial charge in [-0.15, -0.1) is 0 Å². The van der Waals surface area contributed by atoms with Crippen LogP contribution in [0.3, 0.4) is 0 Å². The molecule has 4 aromatic rings. The van der Waals surface area contributed by atoms with Gasteiger partial charge >= 0.3 is 5.97 Å². The number of rotatable bonds is 3. The average Bonchev–Trinajstić information content (AvgIpc) is 2.66. The summed E-state index contributed by atoms with van der Waals surface area (Å²) in [4.78, 5) is 23.7. The van der Waals surface area contributed by atoms with E-state index in [0.717, 1.165) is 6.07 Å². The van der Waals surface area contributed by atoms with Crippen LogP contribution in [0.1, 0.15) is 15.9 Å². The van der Waals surface area contributed by atoms with E-state index in [1.807, 2.05) is 28.8 Å². The number of halogens is 1. The third-order valence-corrected chi connectivity index (χ3v) is 4.51. The maximum Gasteiger partial charge on any atom is 0.335 e. The Kier molecular flexibility index (Phi) is 5.46. The molecule has 0 spiro atoms. The number of fused-ring (bicyclic) bond motifs is 2. The summed E-state index contributed by atoms with van der Waals surface area (Å²) in [6.07, 6.45) is 0. The summed E-state index contributed by atoms with van der Waals surface area (Å²) < 4.78 is 16.3. The molecule has 3 aromatic carbocycles. The number of hydrogen-bond acceptors (Lipinski definition) is 2. The maximum atomic E-state index is 14.4. The fourth-order valence-corrected chi connectivity index (χ4v) is 3.23. The van der Waals surface area contributed by atoms with Gasteiger partial charge in [0.15, 0.2) is 5.43 Å². The Morgan fingerprint density at radius 3 is 2.00 bits per heavy atom. The van der Waals surface area contributed by atoms with Gasteiger partial charge in [-0.05, 0) is 36.4 Å². The predicted molar refractivity (Wildman–Crippen MR) is 104 cm³/mol. The number of carbonyl (C=O) groups is 1. The second-order valence-corrected chi connectivity index (χ2v) is 6.06. The fraction of sp³-hybridized carbons (Fsp3) is 0.0476. The van der Waals surface area contributed by atoms with Gasteiger partial charge in [0.1, 0.15) is 5.82 Å². The Balaban J connectivity index is 0.00000210. The van der Waals surface area contributed by atoms with Crippen molar-refractivity contribution in [2.45, 2.75) is 6.54 Å². The topological polar surface area (TPSA) is 59.3 Å². The van der Waals surface area contributed by atoms with Crippen molar-refractivity contribution < 1.29 is 14.3 Å². The first-order valence-electron chi connectivity index (χ1n) is 8.08. The van der Waals surface area contributed by atoms with Gasteiger partial charge in [-0.25, -0.2) is 9.18 Å². The van der Waals surface area contributed by atoms with Gasteiger partial charge in [0.25, 0.3) is 0 Å². The van der Waals surface area contributed by atoms with E-state index in [1.165, 1.54) is 12.1 Å². The van der Waals surface area contributed by atoms with Crippen molar-refractivity contribution in [3.63, 3.8) is 0 Å². The normalized spacial score (nSPS) is 10.7. The Hall–Kier alpha value is -2.47. The first-order valence-corrected chi connectivity index (χ1v) is 8.08. The van der Waals surface area contributed by atoms with Gasteiger partial charge in [0.05, 0.1) is 23.1 Å². The van der Waals surface area contributed by atoms with E-state index >= 15 is 0 Å². The second kappa shape index (κ2) is 7.64. The standard InChI is InChI=1S/C21H14FNO3.Na/c22-17-11-13(21(25)26)9-10-14(17)12-23-18-7-3-1-5-15(18)20(24)16-6-2-4-8-19(16)23;/h1-11H,12H2,(H,25,26);. The largest absolute Gasteiger partial charge is 0.478 e. The monoisotopic (exact) mass is 370 g/mol. The smallest absolute Gasteiger partial charge is 0.335 e. The molecule has 0 aliphatic heterocycles. The molecule has 0 fully saturated rings. The van der Waals surface area contributed by atoms with Crippen molar-refractivity contribution >= 4 is 57.3 Å². The van der Waals surface area contributed by atoms with Gasteiger partial charge in [-0.1, -0.05) is 30.3 Å². The molecule has 6 heteroatoms. The van der Waals surface area contributed by atoms with E-state index in [1.54, 1.807) is 24.3 Å². The number of aromatic nitrogens is 1. The molecule has 0 aliphatic carbocycles. The molecule has 0 aliphatic rings. The van der Waals surface area contributed by atoms with Gasteiger partial charge in [-0.2, -0.15) is 0 Å². The van der Waals surface area contributed by atoms with Gasteiger partial charge < -0.3 is 9.67 Å². The zero-order chi connectivity index (χ0) is 18.3. The second-order valence-electron chi connectivity index (χ2n) is 6.06. The van der Waals surface area contributed by atoms with Gasteiger partial charge in [0.2, 0.25) is 0 Å². The fourth-order valence-electron chi connectivity index (χ4n) is 3.23. The minimum Gasteiger partial charge on any atom is -0.478 e. The molecule has 27 heavy (non-hydrogen) atoms. The van der Waals surface area contributed by atoms with Crippen LogP contribution in [0.25, 0.3) is 21.8 Å². The molecule has 129 valence electrons. The maximum absolute atomic E-state index is 14.4. The molecular weight excluding hydrogens is 356 g/mol. The van der Waals surface area contributed by atoms with Crippen molar-refractivity contribution in [3.05, 3.63) is 93.9 Å². The van der Waals surface area contributed by atoms with E-state index in [2.05, 4.69) is 0 Å². The molecular formula is C21H14FNNaO3. The number of nitrogens with zero attached hydrogens (tertiary/aromatic N) is 1.